The lowest BCUT2D eigenvalue weighted by Gasteiger charge is -2.41. The third kappa shape index (κ3) is 5.80. The molecule has 4 unspecified atom stereocenters. The van der Waals surface area contributed by atoms with E-state index in [-0.39, 0.29) is 12.1 Å². The lowest BCUT2D eigenvalue weighted by molar-refractivity contribution is -0.141. The number of carboxylic acid groups (broad SMARTS) is 1. The molecular weight excluding hydrogens is 371 g/mol. The number of carboxylic acids is 1. The molecular formula is C23H31O4P. The van der Waals surface area contributed by atoms with E-state index >= 15 is 0 Å². The van der Waals surface area contributed by atoms with Crippen LogP contribution in [0.25, 0.3) is 0 Å². The van der Waals surface area contributed by atoms with Gasteiger partial charge in [0.05, 0.1) is 5.92 Å². The third-order valence-corrected chi connectivity index (χ3v) is 8.03. The quantitative estimate of drug-likeness (QED) is 0.550. The van der Waals surface area contributed by atoms with Crippen molar-refractivity contribution in [3.05, 3.63) is 71.8 Å². The fourth-order valence-electron chi connectivity index (χ4n) is 4.06. The van der Waals surface area contributed by atoms with Crippen molar-refractivity contribution < 1.29 is 19.4 Å². The Kier molecular flexibility index (Phi) is 7.25. The van der Waals surface area contributed by atoms with Gasteiger partial charge >= 0.3 is 5.97 Å². The molecule has 4 nitrogen and oxygen atoms in total. The van der Waals surface area contributed by atoms with Crippen LogP contribution in [0.5, 0.6) is 0 Å². The van der Waals surface area contributed by atoms with Crippen LogP contribution in [0.1, 0.15) is 51.2 Å². The van der Waals surface area contributed by atoms with Gasteiger partial charge in [-0.25, -0.2) is 0 Å². The average molecular weight is 402 g/mol. The monoisotopic (exact) mass is 402 g/mol. The SMILES string of the molecule is CC(CC(c1ccccc1)C(C(C)(C)C)P(=O)(O)Cc1ccccc1)C(=O)O. The Hall–Kier alpha value is -1.90. The van der Waals surface area contributed by atoms with E-state index in [2.05, 4.69) is 0 Å². The average Bonchev–Trinajstić information content (AvgIpc) is 2.60. The van der Waals surface area contributed by atoms with Gasteiger partial charge in [0.1, 0.15) is 0 Å². The predicted octanol–water partition coefficient (Wildman–Crippen LogP) is 5.77. The van der Waals surface area contributed by atoms with Crippen molar-refractivity contribution in [1.82, 2.24) is 0 Å². The van der Waals surface area contributed by atoms with E-state index in [1.807, 2.05) is 81.4 Å². The van der Waals surface area contributed by atoms with Crippen molar-refractivity contribution in [3.8, 4) is 0 Å². The summed E-state index contributed by atoms with van der Waals surface area (Å²) in [7, 11) is -3.65. The van der Waals surface area contributed by atoms with E-state index in [0.29, 0.717) is 6.42 Å². The van der Waals surface area contributed by atoms with Gasteiger partial charge in [0.15, 0.2) is 0 Å². The Morgan fingerprint density at radius 2 is 1.50 bits per heavy atom. The van der Waals surface area contributed by atoms with Gasteiger partial charge in [-0.05, 0) is 28.9 Å². The molecule has 0 aromatic heterocycles. The summed E-state index contributed by atoms with van der Waals surface area (Å²) in [6, 6.07) is 18.9. The smallest absolute Gasteiger partial charge is 0.306 e. The molecule has 2 aromatic rings. The van der Waals surface area contributed by atoms with Crippen molar-refractivity contribution in [2.24, 2.45) is 11.3 Å². The normalized spacial score (nSPS) is 17.3. The molecule has 0 aliphatic carbocycles. The van der Waals surface area contributed by atoms with Crippen molar-refractivity contribution in [2.75, 3.05) is 0 Å². The van der Waals surface area contributed by atoms with E-state index < -0.39 is 30.3 Å². The van der Waals surface area contributed by atoms with Gasteiger partial charge in [0.25, 0.3) is 0 Å². The second-order valence-electron chi connectivity index (χ2n) is 8.70. The van der Waals surface area contributed by atoms with Crippen molar-refractivity contribution in [2.45, 2.75) is 51.9 Å². The maximum atomic E-state index is 13.7. The summed E-state index contributed by atoms with van der Waals surface area (Å²) in [5, 5.41) is 9.47. The Balaban J connectivity index is 2.51. The van der Waals surface area contributed by atoms with Crippen molar-refractivity contribution in [1.29, 1.82) is 0 Å². The number of carbonyl (C=O) groups is 1. The van der Waals surface area contributed by atoms with Crippen LogP contribution in [0, 0.1) is 11.3 Å². The molecule has 0 aliphatic rings. The summed E-state index contributed by atoms with van der Waals surface area (Å²) in [5.41, 5.74) is 0.695. The number of benzene rings is 2. The lowest BCUT2D eigenvalue weighted by Crippen LogP contribution is -2.35. The molecule has 152 valence electrons. The lowest BCUT2D eigenvalue weighted by atomic mass is 9.77. The zero-order chi connectivity index (χ0) is 20.9. The zero-order valence-corrected chi connectivity index (χ0v) is 18.0. The Labute approximate surface area is 168 Å². The molecule has 28 heavy (non-hydrogen) atoms. The van der Waals surface area contributed by atoms with E-state index in [9.17, 15) is 19.4 Å². The molecule has 0 bridgehead atoms. The number of hydrogen-bond donors (Lipinski definition) is 2. The van der Waals surface area contributed by atoms with Gasteiger partial charge in [0, 0.05) is 11.8 Å². The molecule has 0 fully saturated rings. The minimum Gasteiger partial charge on any atom is -0.481 e. The van der Waals surface area contributed by atoms with Crippen LogP contribution in [0.15, 0.2) is 60.7 Å². The van der Waals surface area contributed by atoms with Gasteiger partial charge in [-0.15, -0.1) is 0 Å². The molecule has 5 heteroatoms. The fourth-order valence-corrected chi connectivity index (χ4v) is 7.06. The number of rotatable bonds is 8. The van der Waals surface area contributed by atoms with Gasteiger partial charge in [0.2, 0.25) is 7.37 Å². The molecule has 2 N–H and O–H groups in total. The first-order valence-electron chi connectivity index (χ1n) is 9.65. The van der Waals surface area contributed by atoms with Crippen LogP contribution in [0.3, 0.4) is 0 Å². The summed E-state index contributed by atoms with van der Waals surface area (Å²) in [5.74, 6) is -1.82. The minimum absolute atomic E-state index is 0.0839. The fraction of sp³-hybridized carbons (Fsp3) is 0.435. The molecule has 4 atom stereocenters. The standard InChI is InChI=1S/C23H31O4P/c1-17(22(24)25)15-20(19-13-9-6-10-14-19)21(23(2,3)4)28(26,27)16-18-11-7-5-8-12-18/h5-14,17,20-21H,15-16H2,1-4H3,(H,24,25)(H,26,27). The molecule has 0 saturated carbocycles. The van der Waals surface area contributed by atoms with Gasteiger partial charge in [-0.1, -0.05) is 88.4 Å². The molecule has 2 aromatic carbocycles. The highest BCUT2D eigenvalue weighted by molar-refractivity contribution is 7.58. The van der Waals surface area contributed by atoms with Crippen molar-refractivity contribution in [3.63, 3.8) is 0 Å². The van der Waals surface area contributed by atoms with E-state index in [0.717, 1.165) is 11.1 Å². The largest absolute Gasteiger partial charge is 0.481 e. The van der Waals surface area contributed by atoms with Gasteiger partial charge < -0.3 is 10.00 Å². The predicted molar refractivity (Wildman–Crippen MR) is 114 cm³/mol. The maximum absolute atomic E-state index is 13.7. The number of hydrogen-bond acceptors (Lipinski definition) is 2. The first-order chi connectivity index (χ1) is 13.0. The molecule has 0 aliphatic heterocycles. The minimum atomic E-state index is -3.65. The number of aliphatic carboxylic acids is 1. The molecule has 0 radical (unpaired) electrons. The van der Waals surface area contributed by atoms with Crippen LogP contribution >= 0.6 is 7.37 Å². The highest BCUT2D eigenvalue weighted by Gasteiger charge is 2.46. The summed E-state index contributed by atoms with van der Waals surface area (Å²) in [4.78, 5) is 22.8. The first kappa shape index (κ1) is 22.4. The van der Waals surface area contributed by atoms with Crippen molar-refractivity contribution >= 4 is 13.3 Å². The van der Waals surface area contributed by atoms with Crippen LogP contribution in [-0.2, 0) is 15.5 Å². The van der Waals surface area contributed by atoms with E-state index in [1.165, 1.54) is 0 Å². The summed E-state index contributed by atoms with van der Waals surface area (Å²) in [6.45, 7) is 7.56. The molecule has 2 rings (SSSR count). The van der Waals surface area contributed by atoms with Gasteiger partial charge in [-0.2, -0.15) is 0 Å². The highest BCUT2D eigenvalue weighted by atomic mass is 31.2. The third-order valence-electron chi connectivity index (χ3n) is 5.21. The van der Waals surface area contributed by atoms with Gasteiger partial charge in [-0.3, -0.25) is 9.36 Å². The van der Waals surface area contributed by atoms with E-state index in [1.54, 1.807) is 6.92 Å². The first-order valence-corrected chi connectivity index (χ1v) is 11.6. The molecule has 0 spiro atoms. The Morgan fingerprint density at radius 3 is 1.96 bits per heavy atom. The summed E-state index contributed by atoms with van der Waals surface area (Å²) < 4.78 is 13.7. The van der Waals surface area contributed by atoms with Crippen LogP contribution < -0.4 is 0 Å². The molecule has 0 heterocycles. The topological polar surface area (TPSA) is 74.6 Å². The van der Waals surface area contributed by atoms with E-state index in [4.69, 9.17) is 0 Å². The second-order valence-corrected chi connectivity index (χ2v) is 11.1. The second kappa shape index (κ2) is 9.07. The maximum Gasteiger partial charge on any atom is 0.306 e. The van der Waals surface area contributed by atoms with Crippen LogP contribution in [-0.4, -0.2) is 21.6 Å². The Morgan fingerprint density at radius 1 is 1.00 bits per heavy atom. The molecule has 0 saturated heterocycles. The highest BCUT2D eigenvalue weighted by Crippen LogP contribution is 2.61. The molecule has 0 amide bonds. The summed E-state index contributed by atoms with van der Waals surface area (Å²) in [6.07, 6.45) is 0.404. The Bertz CT molecular complexity index is 812. The van der Waals surface area contributed by atoms with Crippen LogP contribution in [0.4, 0.5) is 0 Å². The zero-order valence-electron chi connectivity index (χ0n) is 17.1. The summed E-state index contributed by atoms with van der Waals surface area (Å²) >= 11 is 0. The van der Waals surface area contributed by atoms with Crippen LogP contribution in [0.2, 0.25) is 0 Å².